The van der Waals surface area contributed by atoms with E-state index < -0.39 is 0 Å². The van der Waals surface area contributed by atoms with Gasteiger partial charge in [-0.1, -0.05) is 39.0 Å². The fourth-order valence-corrected chi connectivity index (χ4v) is 3.13. The molecule has 0 amide bonds. The van der Waals surface area contributed by atoms with Crippen LogP contribution in [0.3, 0.4) is 0 Å². The van der Waals surface area contributed by atoms with Gasteiger partial charge in [-0.25, -0.2) is 4.98 Å². The lowest BCUT2D eigenvalue weighted by Crippen LogP contribution is -2.37. The zero-order chi connectivity index (χ0) is 13.4. The predicted octanol–water partition coefficient (Wildman–Crippen LogP) is 2.42. The minimum Gasteiger partial charge on any atom is -0.313 e. The minimum atomic E-state index is -0.0853. The van der Waals surface area contributed by atoms with Crippen LogP contribution >= 0.6 is 11.8 Å². The molecule has 0 spiro atoms. The highest BCUT2D eigenvalue weighted by Gasteiger charge is 2.20. The van der Waals surface area contributed by atoms with Crippen molar-refractivity contribution in [1.82, 2.24) is 15.3 Å². The standard InChI is InChI=1S/C13H23N3OS/c1-4-7-10(14-6-3)11(5-2)18-13-15-9-8-12(17)16-13/h8-11,14H,4-7H2,1-3H3,(H,15,16,17). The van der Waals surface area contributed by atoms with E-state index in [0.29, 0.717) is 16.4 Å². The van der Waals surface area contributed by atoms with Crippen LogP contribution in [0.4, 0.5) is 0 Å². The fraction of sp³-hybridized carbons (Fsp3) is 0.692. The maximum absolute atomic E-state index is 11.3. The van der Waals surface area contributed by atoms with Crippen LogP contribution < -0.4 is 10.9 Å². The molecule has 5 heteroatoms. The van der Waals surface area contributed by atoms with Crippen LogP contribution in [0.5, 0.6) is 0 Å². The lowest BCUT2D eigenvalue weighted by molar-refractivity contribution is 0.465. The van der Waals surface area contributed by atoms with Gasteiger partial charge in [0.1, 0.15) is 0 Å². The molecule has 4 nitrogen and oxygen atoms in total. The van der Waals surface area contributed by atoms with E-state index in [4.69, 9.17) is 0 Å². The molecule has 0 fully saturated rings. The molecule has 0 bridgehead atoms. The molecule has 18 heavy (non-hydrogen) atoms. The molecule has 2 N–H and O–H groups in total. The second-order valence-electron chi connectivity index (χ2n) is 4.26. The molecule has 0 aliphatic heterocycles. The summed E-state index contributed by atoms with van der Waals surface area (Å²) < 4.78 is 0. The molecule has 0 aliphatic rings. The van der Waals surface area contributed by atoms with E-state index in [1.807, 2.05) is 0 Å². The highest BCUT2D eigenvalue weighted by molar-refractivity contribution is 7.99. The first kappa shape index (κ1) is 15.2. The van der Waals surface area contributed by atoms with Crippen LogP contribution in [0.1, 0.15) is 40.0 Å². The average Bonchev–Trinajstić information content (AvgIpc) is 2.36. The summed E-state index contributed by atoms with van der Waals surface area (Å²) in [6.07, 6.45) is 4.93. The van der Waals surface area contributed by atoms with Gasteiger partial charge in [0.05, 0.1) is 0 Å². The molecule has 1 heterocycles. The predicted molar refractivity (Wildman–Crippen MR) is 77.2 cm³/mol. The molecule has 0 saturated carbocycles. The van der Waals surface area contributed by atoms with Gasteiger partial charge >= 0.3 is 0 Å². The SMILES string of the molecule is CCCC(NCC)C(CC)Sc1nccc(=O)[nH]1. The van der Waals surface area contributed by atoms with Gasteiger partial charge in [-0.05, 0) is 19.4 Å². The summed E-state index contributed by atoms with van der Waals surface area (Å²) in [5.74, 6) is 0. The van der Waals surface area contributed by atoms with Gasteiger partial charge in [-0.3, -0.25) is 4.79 Å². The lowest BCUT2D eigenvalue weighted by atomic mass is 10.1. The van der Waals surface area contributed by atoms with Gasteiger partial charge in [-0.15, -0.1) is 0 Å². The highest BCUT2D eigenvalue weighted by atomic mass is 32.2. The Morgan fingerprint density at radius 3 is 2.78 bits per heavy atom. The van der Waals surface area contributed by atoms with Crippen LogP contribution in [-0.2, 0) is 0 Å². The lowest BCUT2D eigenvalue weighted by Gasteiger charge is -2.25. The Hall–Kier alpha value is -0.810. The Balaban J connectivity index is 2.72. The first-order valence-electron chi connectivity index (χ1n) is 6.66. The maximum atomic E-state index is 11.3. The Labute approximate surface area is 113 Å². The van der Waals surface area contributed by atoms with Crippen molar-refractivity contribution in [1.29, 1.82) is 0 Å². The first-order chi connectivity index (χ1) is 8.71. The van der Waals surface area contributed by atoms with Gasteiger partial charge in [0.15, 0.2) is 5.16 Å². The van der Waals surface area contributed by atoms with Gasteiger partial charge in [-0.2, -0.15) is 0 Å². The van der Waals surface area contributed by atoms with Crippen LogP contribution in [0.15, 0.2) is 22.2 Å². The zero-order valence-electron chi connectivity index (χ0n) is 11.4. The van der Waals surface area contributed by atoms with E-state index in [1.54, 1.807) is 18.0 Å². The van der Waals surface area contributed by atoms with Crippen molar-refractivity contribution >= 4 is 11.8 Å². The number of thioether (sulfide) groups is 1. The van der Waals surface area contributed by atoms with E-state index >= 15 is 0 Å². The number of rotatable bonds is 8. The largest absolute Gasteiger partial charge is 0.313 e. The number of hydrogen-bond donors (Lipinski definition) is 2. The third-order valence-electron chi connectivity index (χ3n) is 2.83. The van der Waals surface area contributed by atoms with Crippen LogP contribution in [-0.4, -0.2) is 27.8 Å². The average molecular weight is 269 g/mol. The number of nitrogens with one attached hydrogen (secondary N) is 2. The fourth-order valence-electron chi connectivity index (χ4n) is 2.00. The second kappa shape index (κ2) is 8.32. The molecule has 1 aromatic heterocycles. The summed E-state index contributed by atoms with van der Waals surface area (Å²) in [6.45, 7) is 7.48. The van der Waals surface area contributed by atoms with E-state index in [-0.39, 0.29) is 5.56 Å². The van der Waals surface area contributed by atoms with E-state index in [2.05, 4.69) is 36.1 Å². The van der Waals surface area contributed by atoms with E-state index in [9.17, 15) is 4.79 Å². The summed E-state index contributed by atoms with van der Waals surface area (Å²) >= 11 is 1.66. The summed E-state index contributed by atoms with van der Waals surface area (Å²) in [7, 11) is 0. The molecule has 1 aromatic rings. The van der Waals surface area contributed by atoms with Crippen molar-refractivity contribution < 1.29 is 0 Å². The van der Waals surface area contributed by atoms with Crippen molar-refractivity contribution in [3.05, 3.63) is 22.6 Å². The molecule has 0 aromatic carbocycles. The highest BCUT2D eigenvalue weighted by Crippen LogP contribution is 2.25. The van der Waals surface area contributed by atoms with Gasteiger partial charge in [0.25, 0.3) is 5.56 Å². The normalized spacial score (nSPS) is 14.4. The van der Waals surface area contributed by atoms with Crippen molar-refractivity contribution in [2.24, 2.45) is 0 Å². The van der Waals surface area contributed by atoms with Crippen molar-refractivity contribution in [3.8, 4) is 0 Å². The smallest absolute Gasteiger partial charge is 0.251 e. The number of H-pyrrole nitrogens is 1. The summed E-state index contributed by atoms with van der Waals surface area (Å²) in [5, 5.41) is 4.69. The molecular formula is C13H23N3OS. The number of hydrogen-bond acceptors (Lipinski definition) is 4. The topological polar surface area (TPSA) is 57.8 Å². The Morgan fingerprint density at radius 1 is 1.44 bits per heavy atom. The van der Waals surface area contributed by atoms with Gasteiger partial charge in [0.2, 0.25) is 0 Å². The molecular weight excluding hydrogens is 246 g/mol. The molecule has 2 atom stereocenters. The van der Waals surface area contributed by atoms with Crippen LogP contribution in [0.2, 0.25) is 0 Å². The number of aromatic amines is 1. The van der Waals surface area contributed by atoms with Gasteiger partial charge < -0.3 is 10.3 Å². The number of nitrogens with zero attached hydrogens (tertiary/aromatic N) is 1. The first-order valence-corrected chi connectivity index (χ1v) is 7.54. The van der Waals surface area contributed by atoms with E-state index in [0.717, 1.165) is 25.8 Å². The Kier molecular flexibility index (Phi) is 7.05. The Bertz CT molecular complexity index is 388. The van der Waals surface area contributed by atoms with Crippen molar-refractivity contribution in [3.63, 3.8) is 0 Å². The molecule has 0 aliphatic carbocycles. The van der Waals surface area contributed by atoms with Crippen LogP contribution in [0.25, 0.3) is 0 Å². The molecule has 0 radical (unpaired) electrons. The molecule has 0 saturated heterocycles. The van der Waals surface area contributed by atoms with Gasteiger partial charge in [0, 0.05) is 23.6 Å². The maximum Gasteiger partial charge on any atom is 0.251 e. The molecule has 1 rings (SSSR count). The van der Waals surface area contributed by atoms with E-state index in [1.165, 1.54) is 6.07 Å². The Morgan fingerprint density at radius 2 is 2.22 bits per heavy atom. The van der Waals surface area contributed by atoms with Crippen molar-refractivity contribution in [2.75, 3.05) is 6.54 Å². The third-order valence-corrected chi connectivity index (χ3v) is 4.22. The zero-order valence-corrected chi connectivity index (χ0v) is 12.2. The summed E-state index contributed by atoms with van der Waals surface area (Å²) in [5.41, 5.74) is -0.0853. The third kappa shape index (κ3) is 4.82. The summed E-state index contributed by atoms with van der Waals surface area (Å²) in [6, 6.07) is 1.92. The monoisotopic (exact) mass is 269 g/mol. The van der Waals surface area contributed by atoms with Crippen LogP contribution in [0, 0.1) is 0 Å². The number of aromatic nitrogens is 2. The van der Waals surface area contributed by atoms with Crippen molar-refractivity contribution in [2.45, 2.75) is 56.5 Å². The minimum absolute atomic E-state index is 0.0853. The quantitative estimate of drug-likeness (QED) is 0.562. The molecule has 2 unspecified atom stereocenters. The second-order valence-corrected chi connectivity index (χ2v) is 5.48. The summed E-state index contributed by atoms with van der Waals surface area (Å²) in [4.78, 5) is 18.2. The molecule has 102 valence electrons.